The average molecular weight is 444 g/mol. The summed E-state index contributed by atoms with van der Waals surface area (Å²) in [4.78, 5) is 28.7. The van der Waals surface area contributed by atoms with Crippen molar-refractivity contribution in [2.75, 3.05) is 25.0 Å². The van der Waals surface area contributed by atoms with E-state index in [1.807, 2.05) is 53.4 Å². The first-order valence-corrected chi connectivity index (χ1v) is 11.8. The van der Waals surface area contributed by atoms with Gasteiger partial charge in [0.15, 0.2) is 0 Å². The van der Waals surface area contributed by atoms with Gasteiger partial charge in [0.05, 0.1) is 5.69 Å². The number of para-hydroxylation sites is 1. The molecule has 0 unspecified atom stereocenters. The van der Waals surface area contributed by atoms with Gasteiger partial charge >= 0.3 is 0 Å². The number of hydrogen-bond acceptors (Lipinski definition) is 6. The Hall–Kier alpha value is -3.32. The van der Waals surface area contributed by atoms with Gasteiger partial charge in [-0.05, 0) is 56.4 Å². The van der Waals surface area contributed by atoms with Crippen molar-refractivity contribution in [1.82, 2.24) is 19.9 Å². The summed E-state index contributed by atoms with van der Waals surface area (Å²) in [7, 11) is 0. The van der Waals surface area contributed by atoms with Gasteiger partial charge in [-0.2, -0.15) is 0 Å². The van der Waals surface area contributed by atoms with E-state index in [4.69, 9.17) is 14.7 Å². The molecule has 7 nitrogen and oxygen atoms in total. The highest BCUT2D eigenvalue weighted by Crippen LogP contribution is 2.30. The van der Waals surface area contributed by atoms with Crippen LogP contribution in [0.5, 0.6) is 0 Å². The van der Waals surface area contributed by atoms with Crippen LogP contribution in [0, 0.1) is 0 Å². The van der Waals surface area contributed by atoms with E-state index in [0.717, 1.165) is 60.7 Å². The standard InChI is InChI=1S/C26H29N5O2/c32-26(23-8-4-5-17-33-23)31-15-11-20(12-16-31)25-29-22(19-9-13-27-14-10-19)18-24(30-25)28-21-6-2-1-3-7-21/h1-3,6-7,9-10,13-14,18,20,23H,4-5,8,11-12,15-17H2,(H,28,29,30)/t23-/m1/s1. The maximum Gasteiger partial charge on any atom is 0.251 e. The number of hydrogen-bond donors (Lipinski definition) is 1. The summed E-state index contributed by atoms with van der Waals surface area (Å²) in [5.74, 6) is 1.95. The fourth-order valence-corrected chi connectivity index (χ4v) is 4.55. The molecule has 4 heterocycles. The molecule has 170 valence electrons. The lowest BCUT2D eigenvalue weighted by Crippen LogP contribution is -2.45. The van der Waals surface area contributed by atoms with Gasteiger partial charge in [-0.3, -0.25) is 9.78 Å². The number of anilines is 2. The van der Waals surface area contributed by atoms with Crippen LogP contribution in [0.1, 0.15) is 43.8 Å². The molecule has 2 aromatic heterocycles. The second kappa shape index (κ2) is 10.1. The lowest BCUT2D eigenvalue weighted by Gasteiger charge is -2.34. The Bertz CT molecular complexity index is 1060. The van der Waals surface area contributed by atoms with Gasteiger partial charge < -0.3 is 15.0 Å². The molecule has 5 rings (SSSR count). The zero-order valence-electron chi connectivity index (χ0n) is 18.7. The van der Waals surface area contributed by atoms with Gasteiger partial charge in [-0.25, -0.2) is 9.97 Å². The maximum atomic E-state index is 12.8. The fraction of sp³-hybridized carbons (Fsp3) is 0.385. The Balaban J connectivity index is 1.35. The van der Waals surface area contributed by atoms with Crippen molar-refractivity contribution in [3.63, 3.8) is 0 Å². The predicted molar refractivity (Wildman–Crippen MR) is 127 cm³/mol. The molecule has 2 saturated heterocycles. The summed E-state index contributed by atoms with van der Waals surface area (Å²) in [6, 6.07) is 15.9. The molecule has 0 bridgehead atoms. The van der Waals surface area contributed by atoms with Crippen LogP contribution < -0.4 is 5.32 Å². The van der Waals surface area contributed by atoms with Crippen molar-refractivity contribution in [3.8, 4) is 11.3 Å². The first-order valence-electron chi connectivity index (χ1n) is 11.8. The maximum absolute atomic E-state index is 12.8. The zero-order valence-corrected chi connectivity index (χ0v) is 18.7. The zero-order chi connectivity index (χ0) is 22.5. The number of rotatable bonds is 5. The number of carbonyl (C=O) groups excluding carboxylic acids is 1. The predicted octanol–water partition coefficient (Wildman–Crippen LogP) is 4.56. The van der Waals surface area contributed by atoms with Crippen molar-refractivity contribution in [1.29, 1.82) is 0 Å². The molecule has 1 atom stereocenters. The number of amides is 1. The van der Waals surface area contributed by atoms with Crippen LogP contribution >= 0.6 is 0 Å². The molecule has 1 aromatic carbocycles. The minimum atomic E-state index is -0.261. The summed E-state index contributed by atoms with van der Waals surface area (Å²) < 4.78 is 5.71. The van der Waals surface area contributed by atoms with Gasteiger partial charge in [-0.15, -0.1) is 0 Å². The summed E-state index contributed by atoms with van der Waals surface area (Å²) in [5.41, 5.74) is 2.86. The fourth-order valence-electron chi connectivity index (χ4n) is 4.55. The van der Waals surface area contributed by atoms with E-state index in [1.165, 1.54) is 0 Å². The Morgan fingerprint density at radius 3 is 2.48 bits per heavy atom. The number of benzene rings is 1. The van der Waals surface area contributed by atoms with Crippen molar-refractivity contribution in [2.45, 2.75) is 44.1 Å². The molecular formula is C26H29N5O2. The molecule has 1 N–H and O–H groups in total. The SMILES string of the molecule is O=C([C@H]1CCCCO1)N1CCC(c2nc(Nc3ccccc3)cc(-c3ccncc3)n2)CC1. The van der Waals surface area contributed by atoms with Crippen LogP contribution in [0.3, 0.4) is 0 Å². The molecule has 2 aliphatic rings. The quantitative estimate of drug-likeness (QED) is 0.623. The molecule has 1 amide bonds. The first-order chi connectivity index (χ1) is 16.3. The summed E-state index contributed by atoms with van der Waals surface area (Å²) in [5, 5.41) is 3.42. The van der Waals surface area contributed by atoms with Gasteiger partial charge in [0.2, 0.25) is 0 Å². The topological polar surface area (TPSA) is 80.2 Å². The Morgan fingerprint density at radius 2 is 1.76 bits per heavy atom. The first kappa shape index (κ1) is 21.5. The summed E-state index contributed by atoms with van der Waals surface area (Å²) >= 11 is 0. The lowest BCUT2D eigenvalue weighted by molar-refractivity contribution is -0.147. The molecule has 33 heavy (non-hydrogen) atoms. The smallest absolute Gasteiger partial charge is 0.251 e. The highest BCUT2D eigenvalue weighted by molar-refractivity contribution is 5.81. The minimum absolute atomic E-state index is 0.144. The van der Waals surface area contributed by atoms with Crippen LogP contribution in [0.25, 0.3) is 11.3 Å². The Kier molecular flexibility index (Phi) is 6.58. The largest absolute Gasteiger partial charge is 0.368 e. The minimum Gasteiger partial charge on any atom is -0.368 e. The molecule has 3 aromatic rings. The van der Waals surface area contributed by atoms with E-state index in [1.54, 1.807) is 12.4 Å². The van der Waals surface area contributed by atoms with Crippen LogP contribution in [-0.4, -0.2) is 51.6 Å². The molecule has 2 fully saturated rings. The molecule has 0 radical (unpaired) electrons. The third-order valence-corrected chi connectivity index (χ3v) is 6.39. The number of nitrogens with zero attached hydrogens (tertiary/aromatic N) is 4. The van der Waals surface area contributed by atoms with E-state index >= 15 is 0 Å². The number of aromatic nitrogens is 3. The van der Waals surface area contributed by atoms with E-state index in [-0.39, 0.29) is 17.9 Å². The second-order valence-corrected chi connectivity index (χ2v) is 8.68. The lowest BCUT2D eigenvalue weighted by atomic mass is 9.95. The van der Waals surface area contributed by atoms with E-state index in [0.29, 0.717) is 19.7 Å². The van der Waals surface area contributed by atoms with Crippen LogP contribution in [0.15, 0.2) is 60.9 Å². The third-order valence-electron chi connectivity index (χ3n) is 6.39. The molecule has 2 aliphatic heterocycles. The number of carbonyl (C=O) groups is 1. The van der Waals surface area contributed by atoms with Crippen molar-refractivity contribution < 1.29 is 9.53 Å². The summed E-state index contributed by atoms with van der Waals surface area (Å²) in [6.45, 7) is 2.13. The molecular weight excluding hydrogens is 414 g/mol. The molecule has 0 spiro atoms. The van der Waals surface area contributed by atoms with Gasteiger partial charge in [-0.1, -0.05) is 18.2 Å². The average Bonchev–Trinajstić information content (AvgIpc) is 2.90. The Labute approximate surface area is 194 Å². The number of ether oxygens (including phenoxy) is 1. The number of piperidine rings is 1. The normalized spacial score (nSPS) is 19.3. The van der Waals surface area contributed by atoms with Crippen LogP contribution in [-0.2, 0) is 9.53 Å². The van der Waals surface area contributed by atoms with Crippen LogP contribution in [0.4, 0.5) is 11.5 Å². The van der Waals surface area contributed by atoms with E-state index in [9.17, 15) is 4.79 Å². The second-order valence-electron chi connectivity index (χ2n) is 8.68. The number of nitrogens with one attached hydrogen (secondary N) is 1. The number of likely N-dealkylation sites (tertiary alicyclic amines) is 1. The monoisotopic (exact) mass is 443 g/mol. The van der Waals surface area contributed by atoms with Crippen molar-refractivity contribution >= 4 is 17.4 Å². The van der Waals surface area contributed by atoms with Crippen molar-refractivity contribution in [2.24, 2.45) is 0 Å². The Morgan fingerprint density at radius 1 is 0.970 bits per heavy atom. The van der Waals surface area contributed by atoms with Crippen molar-refractivity contribution in [3.05, 3.63) is 66.7 Å². The highest BCUT2D eigenvalue weighted by Gasteiger charge is 2.31. The van der Waals surface area contributed by atoms with E-state index in [2.05, 4.69) is 10.3 Å². The van der Waals surface area contributed by atoms with Crippen LogP contribution in [0.2, 0.25) is 0 Å². The molecule has 0 saturated carbocycles. The summed E-state index contributed by atoms with van der Waals surface area (Å²) in [6.07, 6.45) is 7.95. The molecule has 7 heteroatoms. The van der Waals surface area contributed by atoms with Gasteiger partial charge in [0.1, 0.15) is 17.7 Å². The van der Waals surface area contributed by atoms with Gasteiger partial charge in [0, 0.05) is 55.3 Å². The van der Waals surface area contributed by atoms with E-state index < -0.39 is 0 Å². The number of pyridine rings is 1. The molecule has 0 aliphatic carbocycles. The highest BCUT2D eigenvalue weighted by atomic mass is 16.5. The van der Waals surface area contributed by atoms with Gasteiger partial charge in [0.25, 0.3) is 5.91 Å². The third kappa shape index (κ3) is 5.20.